The number of ether oxygens (including phenoxy) is 1. The standard InChI is InChI=1S/C17H23FN2O3/c18-14-6-8-15(9-7-14)23-13-2-4-16(21)19-10-3-12-20-11-1-5-17(20)22/h6-9H,1-5,10-13H2,(H,19,21). The molecule has 0 saturated carbocycles. The maximum atomic E-state index is 12.7. The maximum Gasteiger partial charge on any atom is 0.222 e. The van der Waals surface area contributed by atoms with Gasteiger partial charge in [0, 0.05) is 32.5 Å². The normalized spacial score (nSPS) is 14.1. The highest BCUT2D eigenvalue weighted by Crippen LogP contribution is 2.11. The second-order valence-corrected chi connectivity index (χ2v) is 5.59. The van der Waals surface area contributed by atoms with Gasteiger partial charge in [-0.25, -0.2) is 4.39 Å². The number of carbonyl (C=O) groups excluding carboxylic acids is 2. The first-order chi connectivity index (χ1) is 11.1. The molecule has 2 rings (SSSR count). The molecule has 1 saturated heterocycles. The van der Waals surface area contributed by atoms with Gasteiger partial charge in [-0.2, -0.15) is 0 Å². The second kappa shape index (κ2) is 9.12. The van der Waals surface area contributed by atoms with E-state index in [1.54, 1.807) is 12.1 Å². The van der Waals surface area contributed by atoms with Gasteiger partial charge in [-0.05, 0) is 43.5 Å². The average molecular weight is 322 g/mol. The van der Waals surface area contributed by atoms with Crippen LogP contribution in [0.2, 0.25) is 0 Å². The molecule has 0 radical (unpaired) electrons. The number of hydrogen-bond donors (Lipinski definition) is 1. The SMILES string of the molecule is O=C(CCCOc1ccc(F)cc1)NCCCN1CCCC1=O. The Bertz CT molecular complexity index is 519. The van der Waals surface area contributed by atoms with Gasteiger partial charge in [0.25, 0.3) is 0 Å². The predicted octanol–water partition coefficient (Wildman–Crippen LogP) is 2.11. The third-order valence-electron chi connectivity index (χ3n) is 3.73. The van der Waals surface area contributed by atoms with Gasteiger partial charge in [0.1, 0.15) is 11.6 Å². The molecule has 1 aliphatic rings. The highest BCUT2D eigenvalue weighted by Gasteiger charge is 2.18. The molecule has 0 unspecified atom stereocenters. The van der Waals surface area contributed by atoms with E-state index in [0.717, 1.165) is 19.4 Å². The van der Waals surface area contributed by atoms with E-state index in [1.165, 1.54) is 12.1 Å². The summed E-state index contributed by atoms with van der Waals surface area (Å²) < 4.78 is 18.1. The molecule has 1 aliphatic heterocycles. The predicted molar refractivity (Wildman–Crippen MR) is 84.6 cm³/mol. The summed E-state index contributed by atoms with van der Waals surface area (Å²) in [4.78, 5) is 24.9. The number of nitrogens with one attached hydrogen (secondary N) is 1. The molecule has 23 heavy (non-hydrogen) atoms. The van der Waals surface area contributed by atoms with Gasteiger partial charge in [0.2, 0.25) is 11.8 Å². The molecule has 1 aromatic carbocycles. The van der Waals surface area contributed by atoms with Crippen LogP contribution in [0.1, 0.15) is 32.1 Å². The lowest BCUT2D eigenvalue weighted by Gasteiger charge is -2.15. The van der Waals surface area contributed by atoms with Gasteiger partial charge in [0.15, 0.2) is 0 Å². The quantitative estimate of drug-likeness (QED) is 0.709. The van der Waals surface area contributed by atoms with Crippen LogP contribution in [0.25, 0.3) is 0 Å². The van der Waals surface area contributed by atoms with E-state index in [2.05, 4.69) is 5.32 Å². The highest BCUT2D eigenvalue weighted by molar-refractivity contribution is 5.78. The lowest BCUT2D eigenvalue weighted by Crippen LogP contribution is -2.30. The topological polar surface area (TPSA) is 58.6 Å². The van der Waals surface area contributed by atoms with E-state index >= 15 is 0 Å². The van der Waals surface area contributed by atoms with Crippen LogP contribution in [0.4, 0.5) is 4.39 Å². The Labute approximate surface area is 135 Å². The number of benzene rings is 1. The van der Waals surface area contributed by atoms with Gasteiger partial charge >= 0.3 is 0 Å². The average Bonchev–Trinajstić information content (AvgIpc) is 2.95. The fourth-order valence-electron chi connectivity index (χ4n) is 2.48. The van der Waals surface area contributed by atoms with E-state index in [-0.39, 0.29) is 17.6 Å². The van der Waals surface area contributed by atoms with E-state index < -0.39 is 0 Å². The summed E-state index contributed by atoms with van der Waals surface area (Å²) in [6.45, 7) is 2.56. The van der Waals surface area contributed by atoms with Crippen molar-refractivity contribution in [3.8, 4) is 5.75 Å². The monoisotopic (exact) mass is 322 g/mol. The lowest BCUT2D eigenvalue weighted by atomic mass is 10.3. The molecule has 1 aromatic rings. The van der Waals surface area contributed by atoms with Crippen LogP contribution in [-0.4, -0.2) is 43.0 Å². The van der Waals surface area contributed by atoms with Gasteiger partial charge in [-0.3, -0.25) is 9.59 Å². The van der Waals surface area contributed by atoms with Crippen LogP contribution in [-0.2, 0) is 9.59 Å². The fraction of sp³-hybridized carbons (Fsp3) is 0.529. The molecule has 1 fully saturated rings. The Morgan fingerprint density at radius 1 is 1.26 bits per heavy atom. The fourth-order valence-corrected chi connectivity index (χ4v) is 2.48. The van der Waals surface area contributed by atoms with E-state index in [9.17, 15) is 14.0 Å². The Morgan fingerprint density at radius 2 is 2.04 bits per heavy atom. The summed E-state index contributed by atoms with van der Waals surface area (Å²) in [6.07, 6.45) is 3.38. The zero-order valence-electron chi connectivity index (χ0n) is 13.2. The molecule has 1 heterocycles. The highest BCUT2D eigenvalue weighted by atomic mass is 19.1. The summed E-state index contributed by atoms with van der Waals surface area (Å²) >= 11 is 0. The molecule has 2 amide bonds. The molecule has 0 spiro atoms. The van der Waals surface area contributed by atoms with Crippen LogP contribution in [0.5, 0.6) is 5.75 Å². The summed E-state index contributed by atoms with van der Waals surface area (Å²) in [5.41, 5.74) is 0. The number of rotatable bonds is 9. The van der Waals surface area contributed by atoms with Gasteiger partial charge < -0.3 is 15.0 Å². The molecule has 1 N–H and O–H groups in total. The first-order valence-electron chi connectivity index (χ1n) is 8.08. The lowest BCUT2D eigenvalue weighted by molar-refractivity contribution is -0.127. The van der Waals surface area contributed by atoms with Crippen LogP contribution < -0.4 is 10.1 Å². The van der Waals surface area contributed by atoms with Crippen molar-refractivity contribution < 1.29 is 18.7 Å². The minimum absolute atomic E-state index is 0.0135. The van der Waals surface area contributed by atoms with Crippen molar-refractivity contribution in [2.75, 3.05) is 26.2 Å². The summed E-state index contributed by atoms with van der Waals surface area (Å²) in [7, 11) is 0. The van der Waals surface area contributed by atoms with Crippen molar-refractivity contribution in [3.05, 3.63) is 30.1 Å². The minimum Gasteiger partial charge on any atom is -0.494 e. The van der Waals surface area contributed by atoms with Crippen LogP contribution in [0.3, 0.4) is 0 Å². The smallest absolute Gasteiger partial charge is 0.222 e. The number of hydrogen-bond acceptors (Lipinski definition) is 3. The maximum absolute atomic E-state index is 12.7. The van der Waals surface area contributed by atoms with Gasteiger partial charge in [0.05, 0.1) is 6.61 Å². The van der Waals surface area contributed by atoms with Crippen molar-refractivity contribution in [3.63, 3.8) is 0 Å². The third-order valence-corrected chi connectivity index (χ3v) is 3.73. The molecular formula is C17H23FN2O3. The third kappa shape index (κ3) is 6.26. The Balaban J connectivity index is 1.48. The van der Waals surface area contributed by atoms with Crippen molar-refractivity contribution in [1.82, 2.24) is 10.2 Å². The Morgan fingerprint density at radius 3 is 2.74 bits per heavy atom. The first kappa shape index (κ1) is 17.2. The molecule has 0 aliphatic carbocycles. The van der Waals surface area contributed by atoms with Crippen LogP contribution >= 0.6 is 0 Å². The zero-order chi connectivity index (χ0) is 16.5. The van der Waals surface area contributed by atoms with Crippen LogP contribution in [0.15, 0.2) is 24.3 Å². The number of carbonyl (C=O) groups is 2. The van der Waals surface area contributed by atoms with Crippen LogP contribution in [0, 0.1) is 5.82 Å². The molecule has 6 heteroatoms. The number of nitrogens with zero attached hydrogens (tertiary/aromatic N) is 1. The molecule has 126 valence electrons. The first-order valence-corrected chi connectivity index (χ1v) is 8.08. The van der Waals surface area contributed by atoms with Crippen molar-refractivity contribution >= 4 is 11.8 Å². The zero-order valence-corrected chi connectivity index (χ0v) is 13.2. The van der Waals surface area contributed by atoms with Crippen molar-refractivity contribution in [2.24, 2.45) is 0 Å². The summed E-state index contributed by atoms with van der Waals surface area (Å²) in [5.74, 6) is 0.504. The largest absolute Gasteiger partial charge is 0.494 e. The second-order valence-electron chi connectivity index (χ2n) is 5.59. The van der Waals surface area contributed by atoms with E-state index in [1.807, 2.05) is 4.90 Å². The molecule has 5 nitrogen and oxygen atoms in total. The Hall–Kier alpha value is -2.11. The molecule has 0 atom stereocenters. The van der Waals surface area contributed by atoms with E-state index in [0.29, 0.717) is 44.7 Å². The van der Waals surface area contributed by atoms with E-state index in [4.69, 9.17) is 4.74 Å². The minimum atomic E-state index is -0.299. The number of halogens is 1. The Kier molecular flexibility index (Phi) is 6.84. The van der Waals surface area contributed by atoms with Crippen molar-refractivity contribution in [2.45, 2.75) is 32.1 Å². The molecule has 0 aromatic heterocycles. The molecular weight excluding hydrogens is 299 g/mol. The van der Waals surface area contributed by atoms with Crippen molar-refractivity contribution in [1.29, 1.82) is 0 Å². The summed E-state index contributed by atoms with van der Waals surface area (Å²) in [5, 5.41) is 2.85. The van der Waals surface area contributed by atoms with Gasteiger partial charge in [-0.1, -0.05) is 0 Å². The summed E-state index contributed by atoms with van der Waals surface area (Å²) in [6, 6.07) is 5.81. The molecule has 0 bridgehead atoms. The number of likely N-dealkylation sites (tertiary alicyclic amines) is 1. The number of amides is 2. The van der Waals surface area contributed by atoms with Gasteiger partial charge in [-0.15, -0.1) is 0 Å².